The zero-order valence-corrected chi connectivity index (χ0v) is 15.6. The van der Waals surface area contributed by atoms with E-state index < -0.39 is 0 Å². The van der Waals surface area contributed by atoms with E-state index in [4.69, 9.17) is 4.74 Å². The number of nitrogens with zero attached hydrogens (tertiary/aromatic N) is 2. The monoisotopic (exact) mass is 358 g/mol. The van der Waals surface area contributed by atoms with E-state index in [1.54, 1.807) is 0 Å². The third-order valence-electron chi connectivity index (χ3n) is 4.79. The van der Waals surface area contributed by atoms with E-state index in [2.05, 4.69) is 42.4 Å². The molecule has 1 aliphatic rings. The number of carbonyl (C=O) groups excluding carboxylic acids is 1. The van der Waals surface area contributed by atoms with Gasteiger partial charge in [-0.05, 0) is 61.6 Å². The lowest BCUT2D eigenvalue weighted by atomic mass is 10.1. The minimum absolute atomic E-state index is 0.345. The Balaban J connectivity index is 1.88. The first-order valence-electron chi connectivity index (χ1n) is 9.29. The van der Waals surface area contributed by atoms with Gasteiger partial charge in [-0.25, -0.2) is 9.48 Å². The normalized spacial score (nSPS) is 14.4. The maximum Gasteiger partial charge on any atom is 0.359 e. The number of ether oxygens (including phenoxy) is 1. The summed E-state index contributed by atoms with van der Waals surface area (Å²) in [5, 5.41) is 4.65. The smallest absolute Gasteiger partial charge is 0.359 e. The first-order chi connectivity index (χ1) is 13.2. The highest BCUT2D eigenvalue weighted by molar-refractivity contribution is 5.94. The van der Waals surface area contributed by atoms with Crippen molar-refractivity contribution in [3.05, 3.63) is 82.7 Å². The van der Waals surface area contributed by atoms with Crippen LogP contribution in [0.2, 0.25) is 0 Å². The largest absolute Gasteiger partial charge is 0.461 e. The van der Waals surface area contributed by atoms with E-state index in [1.807, 2.05) is 41.9 Å². The second kappa shape index (κ2) is 7.23. The van der Waals surface area contributed by atoms with E-state index >= 15 is 0 Å². The van der Waals surface area contributed by atoms with Gasteiger partial charge in [0.25, 0.3) is 0 Å². The van der Waals surface area contributed by atoms with Gasteiger partial charge in [0.15, 0.2) is 5.69 Å². The molecule has 1 aromatic heterocycles. The molecule has 0 N–H and O–H groups in total. The Hall–Kier alpha value is -3.14. The molecule has 4 rings (SSSR count). The van der Waals surface area contributed by atoms with Crippen molar-refractivity contribution in [2.24, 2.45) is 0 Å². The highest BCUT2D eigenvalue weighted by Crippen LogP contribution is 2.37. The summed E-state index contributed by atoms with van der Waals surface area (Å²) in [4.78, 5) is 12.5. The maximum absolute atomic E-state index is 12.5. The second-order valence-electron chi connectivity index (χ2n) is 6.73. The fraction of sp³-hybridized carbons (Fsp3) is 0.217. The van der Waals surface area contributed by atoms with Crippen LogP contribution >= 0.6 is 0 Å². The van der Waals surface area contributed by atoms with E-state index in [0.717, 1.165) is 40.9 Å². The predicted molar refractivity (Wildman–Crippen MR) is 107 cm³/mol. The average Bonchev–Trinajstić information content (AvgIpc) is 3.24. The molecular weight excluding hydrogens is 336 g/mol. The summed E-state index contributed by atoms with van der Waals surface area (Å²) >= 11 is 0. The Labute approximate surface area is 159 Å². The molecule has 136 valence electrons. The number of benzene rings is 2. The van der Waals surface area contributed by atoms with Gasteiger partial charge in [0.05, 0.1) is 18.0 Å². The van der Waals surface area contributed by atoms with E-state index in [-0.39, 0.29) is 5.97 Å². The van der Waals surface area contributed by atoms with Crippen LogP contribution in [0, 0.1) is 6.92 Å². The molecule has 0 fully saturated rings. The summed E-state index contributed by atoms with van der Waals surface area (Å²) in [6, 6.07) is 18.4. The van der Waals surface area contributed by atoms with Crippen LogP contribution < -0.4 is 0 Å². The number of aryl methyl sites for hydroxylation is 1. The van der Waals surface area contributed by atoms with Crippen LogP contribution in [0.4, 0.5) is 0 Å². The molecule has 0 spiro atoms. The van der Waals surface area contributed by atoms with Gasteiger partial charge in [-0.2, -0.15) is 5.10 Å². The molecule has 0 saturated carbocycles. The third-order valence-corrected chi connectivity index (χ3v) is 4.79. The first-order valence-corrected chi connectivity index (χ1v) is 9.29. The van der Waals surface area contributed by atoms with Crippen LogP contribution in [-0.4, -0.2) is 22.4 Å². The van der Waals surface area contributed by atoms with Crippen molar-refractivity contribution in [3.8, 4) is 5.69 Å². The summed E-state index contributed by atoms with van der Waals surface area (Å²) in [6.45, 7) is 4.22. The van der Waals surface area contributed by atoms with Crippen LogP contribution in [0.3, 0.4) is 0 Å². The Kier molecular flexibility index (Phi) is 4.63. The van der Waals surface area contributed by atoms with Gasteiger partial charge in [0, 0.05) is 5.56 Å². The molecule has 0 unspecified atom stereocenters. The van der Waals surface area contributed by atoms with Crippen LogP contribution in [0.25, 0.3) is 17.3 Å². The maximum atomic E-state index is 12.5. The van der Waals surface area contributed by atoms with Gasteiger partial charge in [0.1, 0.15) is 0 Å². The number of allylic oxidation sites excluding steroid dienone is 1. The first kappa shape index (κ1) is 17.3. The number of aromatic nitrogens is 2. The van der Waals surface area contributed by atoms with Crippen molar-refractivity contribution in [1.29, 1.82) is 0 Å². The highest BCUT2D eigenvalue weighted by atomic mass is 16.5. The lowest BCUT2D eigenvalue weighted by Gasteiger charge is -2.09. The standard InChI is InChI=1S/C23H22N2O2/c1-3-27-23(26)21-20-13-12-18(15-17-9-5-4-6-10-17)22(20)25(24-21)19-11-7-8-16(2)14-19/h4-11,14-15H,3,12-13H2,1-2H3. The summed E-state index contributed by atoms with van der Waals surface area (Å²) in [6.07, 6.45) is 3.88. The Morgan fingerprint density at radius 1 is 1.15 bits per heavy atom. The van der Waals surface area contributed by atoms with Crippen molar-refractivity contribution in [2.45, 2.75) is 26.7 Å². The average molecular weight is 358 g/mol. The minimum Gasteiger partial charge on any atom is -0.461 e. The number of carbonyl (C=O) groups is 1. The van der Waals surface area contributed by atoms with Crippen molar-refractivity contribution < 1.29 is 9.53 Å². The van der Waals surface area contributed by atoms with Crippen molar-refractivity contribution in [3.63, 3.8) is 0 Å². The summed E-state index contributed by atoms with van der Waals surface area (Å²) < 4.78 is 7.14. The zero-order chi connectivity index (χ0) is 18.8. The van der Waals surface area contributed by atoms with E-state index in [9.17, 15) is 4.79 Å². The molecule has 1 aliphatic carbocycles. The molecule has 0 aliphatic heterocycles. The van der Waals surface area contributed by atoms with Crippen molar-refractivity contribution >= 4 is 17.6 Å². The molecule has 3 aromatic rings. The number of rotatable bonds is 4. The zero-order valence-electron chi connectivity index (χ0n) is 15.6. The molecule has 0 atom stereocenters. The lowest BCUT2D eigenvalue weighted by Crippen LogP contribution is -2.09. The molecule has 0 amide bonds. The number of hydrogen-bond donors (Lipinski definition) is 0. The second-order valence-corrected chi connectivity index (χ2v) is 6.73. The molecule has 27 heavy (non-hydrogen) atoms. The molecule has 0 bridgehead atoms. The fourth-order valence-electron chi connectivity index (χ4n) is 3.60. The Morgan fingerprint density at radius 2 is 1.96 bits per heavy atom. The van der Waals surface area contributed by atoms with Gasteiger partial charge < -0.3 is 4.74 Å². The third kappa shape index (κ3) is 3.31. The molecule has 1 heterocycles. The molecule has 2 aromatic carbocycles. The minimum atomic E-state index is -0.346. The lowest BCUT2D eigenvalue weighted by molar-refractivity contribution is 0.0517. The molecule has 0 saturated heterocycles. The quantitative estimate of drug-likeness (QED) is 0.627. The van der Waals surface area contributed by atoms with Gasteiger partial charge in [-0.1, -0.05) is 42.5 Å². The number of esters is 1. The van der Waals surface area contributed by atoms with Crippen molar-refractivity contribution in [2.75, 3.05) is 6.61 Å². The summed E-state index contributed by atoms with van der Waals surface area (Å²) in [7, 11) is 0. The SMILES string of the molecule is CCOC(=O)c1nn(-c2cccc(C)c2)c2c1CCC2=Cc1ccccc1. The van der Waals surface area contributed by atoms with Gasteiger partial charge >= 0.3 is 5.97 Å². The van der Waals surface area contributed by atoms with Crippen LogP contribution in [0.15, 0.2) is 54.6 Å². The van der Waals surface area contributed by atoms with E-state index in [1.165, 1.54) is 5.57 Å². The Morgan fingerprint density at radius 3 is 2.70 bits per heavy atom. The summed E-state index contributed by atoms with van der Waals surface area (Å²) in [5.41, 5.74) is 6.90. The summed E-state index contributed by atoms with van der Waals surface area (Å²) in [5.74, 6) is -0.346. The Bertz CT molecular complexity index is 1020. The van der Waals surface area contributed by atoms with E-state index in [0.29, 0.717) is 12.3 Å². The molecular formula is C23H22N2O2. The van der Waals surface area contributed by atoms with Crippen LogP contribution in [0.5, 0.6) is 0 Å². The predicted octanol–water partition coefficient (Wildman–Crippen LogP) is 4.84. The molecule has 4 nitrogen and oxygen atoms in total. The number of fused-ring (bicyclic) bond motifs is 1. The topological polar surface area (TPSA) is 44.1 Å². The van der Waals surface area contributed by atoms with Gasteiger partial charge in [-0.15, -0.1) is 0 Å². The highest BCUT2D eigenvalue weighted by Gasteiger charge is 2.30. The van der Waals surface area contributed by atoms with Gasteiger partial charge in [-0.3, -0.25) is 0 Å². The van der Waals surface area contributed by atoms with Crippen LogP contribution in [0.1, 0.15) is 46.2 Å². The van der Waals surface area contributed by atoms with Gasteiger partial charge in [0.2, 0.25) is 0 Å². The van der Waals surface area contributed by atoms with Crippen molar-refractivity contribution in [1.82, 2.24) is 9.78 Å². The van der Waals surface area contributed by atoms with Crippen LogP contribution in [-0.2, 0) is 11.2 Å². The fourth-order valence-corrected chi connectivity index (χ4v) is 3.60. The number of hydrogen-bond acceptors (Lipinski definition) is 3. The molecule has 4 heteroatoms. The molecule has 0 radical (unpaired) electrons.